The van der Waals surface area contributed by atoms with Crippen LogP contribution in [0.25, 0.3) is 17.3 Å². The van der Waals surface area contributed by atoms with Crippen LogP contribution in [0.3, 0.4) is 0 Å². The fourth-order valence-corrected chi connectivity index (χ4v) is 3.29. The van der Waals surface area contributed by atoms with Gasteiger partial charge in [0.1, 0.15) is 6.33 Å². The van der Waals surface area contributed by atoms with Gasteiger partial charge < -0.3 is 9.84 Å². The summed E-state index contributed by atoms with van der Waals surface area (Å²) in [6.45, 7) is 0.349. The molecule has 2 aromatic heterocycles. The Hall–Kier alpha value is -2.48. The summed E-state index contributed by atoms with van der Waals surface area (Å²) in [5, 5.41) is 6.96. The van der Waals surface area contributed by atoms with Gasteiger partial charge >= 0.3 is 0 Å². The van der Waals surface area contributed by atoms with Crippen molar-refractivity contribution in [3.8, 4) is 17.3 Å². The predicted octanol–water partition coefficient (Wildman–Crippen LogP) is 2.81. The monoisotopic (exact) mass is 385 g/mol. The fraction of sp³-hybridized carbons (Fsp3) is 0.250. The molecule has 24 heavy (non-hydrogen) atoms. The first-order valence-corrected chi connectivity index (χ1v) is 8.48. The smallest absolute Gasteiger partial charge is 0.278 e. The number of amides is 1. The van der Waals surface area contributed by atoms with Crippen LogP contribution in [-0.2, 0) is 6.54 Å². The second kappa shape index (κ2) is 5.01. The van der Waals surface area contributed by atoms with Crippen molar-refractivity contribution in [3.63, 3.8) is 0 Å². The van der Waals surface area contributed by atoms with Crippen LogP contribution in [0.2, 0.25) is 0 Å². The van der Waals surface area contributed by atoms with Gasteiger partial charge in [-0.25, -0.2) is 4.98 Å². The van der Waals surface area contributed by atoms with Crippen molar-refractivity contribution >= 4 is 21.8 Å². The van der Waals surface area contributed by atoms with E-state index in [2.05, 4.69) is 36.4 Å². The lowest BCUT2D eigenvalue weighted by atomic mass is 10.1. The Kier molecular flexibility index (Phi) is 2.90. The molecule has 5 rings (SSSR count). The van der Waals surface area contributed by atoms with Gasteiger partial charge in [0.25, 0.3) is 11.8 Å². The number of fused-ring (bicyclic) bond motifs is 3. The molecule has 0 unspecified atom stereocenters. The Morgan fingerprint density at radius 1 is 1.33 bits per heavy atom. The van der Waals surface area contributed by atoms with Crippen LogP contribution >= 0.6 is 15.9 Å². The number of aromatic nitrogens is 4. The first-order valence-electron chi connectivity index (χ1n) is 7.69. The number of hydrogen-bond donors (Lipinski definition) is 1. The van der Waals surface area contributed by atoms with Crippen molar-refractivity contribution in [2.45, 2.75) is 25.3 Å². The molecule has 1 aliphatic heterocycles. The highest BCUT2D eigenvalue weighted by atomic mass is 79.9. The number of imidazole rings is 1. The van der Waals surface area contributed by atoms with Gasteiger partial charge in [-0.15, -0.1) is 0 Å². The average molecular weight is 386 g/mol. The average Bonchev–Trinajstić information content (AvgIpc) is 3.20. The Labute approximate surface area is 145 Å². The molecule has 1 amide bonds. The first kappa shape index (κ1) is 13.9. The van der Waals surface area contributed by atoms with Gasteiger partial charge in [0.05, 0.1) is 23.5 Å². The lowest BCUT2D eigenvalue weighted by Gasteiger charge is -2.07. The summed E-state index contributed by atoms with van der Waals surface area (Å²) in [7, 11) is 0. The summed E-state index contributed by atoms with van der Waals surface area (Å²) < 4.78 is 8.15. The number of carbonyl (C=O) groups excluding carboxylic acids is 1. The molecule has 1 N–H and O–H groups in total. The van der Waals surface area contributed by atoms with E-state index in [1.165, 1.54) is 0 Å². The molecule has 2 aliphatic rings. The summed E-state index contributed by atoms with van der Waals surface area (Å²) >= 11 is 3.41. The molecule has 3 heterocycles. The maximum atomic E-state index is 12.4. The second-order valence-corrected chi connectivity index (χ2v) is 6.90. The fourth-order valence-electron chi connectivity index (χ4n) is 2.93. The van der Waals surface area contributed by atoms with Crippen molar-refractivity contribution in [1.82, 2.24) is 25.0 Å². The number of hydrogen-bond acceptors (Lipinski definition) is 5. The summed E-state index contributed by atoms with van der Waals surface area (Å²) in [6.07, 6.45) is 3.91. The standard InChI is InChI=1S/C16H12BrN5O2/c17-9-3-4-11-10(5-9)15(23)18-6-12-13(19-7-22(11)12)16-20-14(21-24-16)8-1-2-8/h3-5,7-8H,1-2,6H2,(H,18,23). The van der Waals surface area contributed by atoms with Crippen molar-refractivity contribution in [2.75, 3.05) is 0 Å². The molecule has 1 saturated carbocycles. The Balaban J connectivity index is 1.65. The zero-order chi connectivity index (χ0) is 16.3. The first-order chi connectivity index (χ1) is 11.7. The van der Waals surface area contributed by atoms with Crippen molar-refractivity contribution < 1.29 is 9.32 Å². The minimum Gasteiger partial charge on any atom is -0.346 e. The van der Waals surface area contributed by atoms with Gasteiger partial charge in [0.2, 0.25) is 0 Å². The largest absolute Gasteiger partial charge is 0.346 e. The van der Waals surface area contributed by atoms with E-state index in [0.717, 1.165) is 34.5 Å². The quantitative estimate of drug-likeness (QED) is 0.732. The topological polar surface area (TPSA) is 85.8 Å². The normalized spacial score (nSPS) is 16.3. The Bertz CT molecular complexity index is 973. The lowest BCUT2D eigenvalue weighted by Crippen LogP contribution is -2.21. The molecule has 0 saturated heterocycles. The van der Waals surface area contributed by atoms with Crippen LogP contribution in [0.5, 0.6) is 0 Å². The molecule has 3 aromatic rings. The van der Waals surface area contributed by atoms with E-state index in [4.69, 9.17) is 4.52 Å². The third kappa shape index (κ3) is 2.10. The lowest BCUT2D eigenvalue weighted by molar-refractivity contribution is 0.0952. The number of rotatable bonds is 2. The molecule has 1 aromatic carbocycles. The number of nitrogens with zero attached hydrogens (tertiary/aromatic N) is 4. The molecule has 1 aliphatic carbocycles. The zero-order valence-corrected chi connectivity index (χ0v) is 14.1. The summed E-state index contributed by atoms with van der Waals surface area (Å²) in [6, 6.07) is 5.60. The highest BCUT2D eigenvalue weighted by molar-refractivity contribution is 9.10. The third-order valence-electron chi connectivity index (χ3n) is 4.33. The van der Waals surface area contributed by atoms with Gasteiger partial charge in [0, 0.05) is 10.4 Å². The number of nitrogens with one attached hydrogen (secondary N) is 1. The molecule has 8 heteroatoms. The van der Waals surface area contributed by atoms with E-state index >= 15 is 0 Å². The van der Waals surface area contributed by atoms with Gasteiger partial charge in [-0.3, -0.25) is 9.36 Å². The highest BCUT2D eigenvalue weighted by Gasteiger charge is 2.31. The minimum atomic E-state index is -0.120. The molecule has 120 valence electrons. The molecule has 0 radical (unpaired) electrons. The molecule has 0 spiro atoms. The van der Waals surface area contributed by atoms with E-state index in [9.17, 15) is 4.79 Å². The van der Waals surface area contributed by atoms with E-state index in [1.54, 1.807) is 12.4 Å². The molecule has 0 bridgehead atoms. The van der Waals surface area contributed by atoms with Crippen LogP contribution in [0.15, 0.2) is 33.5 Å². The molecular weight excluding hydrogens is 374 g/mol. The Morgan fingerprint density at radius 3 is 3.04 bits per heavy atom. The number of halogens is 1. The van der Waals surface area contributed by atoms with E-state index in [-0.39, 0.29) is 5.91 Å². The summed E-state index contributed by atoms with van der Waals surface area (Å²) in [5.41, 5.74) is 2.82. The third-order valence-corrected chi connectivity index (χ3v) is 4.83. The highest BCUT2D eigenvalue weighted by Crippen LogP contribution is 2.39. The molecule has 0 atom stereocenters. The van der Waals surface area contributed by atoms with Gasteiger partial charge in [0.15, 0.2) is 11.5 Å². The van der Waals surface area contributed by atoms with Crippen molar-refractivity contribution in [3.05, 3.63) is 46.1 Å². The molecule has 1 fully saturated rings. The minimum absolute atomic E-state index is 0.120. The van der Waals surface area contributed by atoms with E-state index in [0.29, 0.717) is 29.6 Å². The second-order valence-electron chi connectivity index (χ2n) is 5.99. The number of benzene rings is 1. The van der Waals surface area contributed by atoms with Crippen LogP contribution in [0.4, 0.5) is 0 Å². The SMILES string of the molecule is O=C1NCc2c(-c3nc(C4CC4)no3)ncn2-c2ccc(Br)cc21. The number of carbonyl (C=O) groups is 1. The predicted molar refractivity (Wildman–Crippen MR) is 87.7 cm³/mol. The van der Waals surface area contributed by atoms with Crippen molar-refractivity contribution in [2.24, 2.45) is 0 Å². The van der Waals surface area contributed by atoms with Crippen LogP contribution < -0.4 is 5.32 Å². The summed E-state index contributed by atoms with van der Waals surface area (Å²) in [4.78, 5) is 21.3. The summed E-state index contributed by atoms with van der Waals surface area (Å²) in [5.74, 6) is 1.45. The van der Waals surface area contributed by atoms with E-state index < -0.39 is 0 Å². The van der Waals surface area contributed by atoms with Gasteiger partial charge in [-0.2, -0.15) is 4.98 Å². The van der Waals surface area contributed by atoms with Crippen LogP contribution in [0.1, 0.15) is 40.6 Å². The Morgan fingerprint density at radius 2 is 2.21 bits per heavy atom. The van der Waals surface area contributed by atoms with Crippen LogP contribution in [-0.4, -0.2) is 25.6 Å². The zero-order valence-electron chi connectivity index (χ0n) is 12.5. The van der Waals surface area contributed by atoms with Crippen LogP contribution in [0, 0.1) is 0 Å². The molecular formula is C16H12BrN5O2. The molecule has 7 nitrogen and oxygen atoms in total. The van der Waals surface area contributed by atoms with Crippen molar-refractivity contribution in [1.29, 1.82) is 0 Å². The van der Waals surface area contributed by atoms with Gasteiger partial charge in [-0.1, -0.05) is 21.1 Å². The van der Waals surface area contributed by atoms with E-state index in [1.807, 2.05) is 16.7 Å². The van der Waals surface area contributed by atoms with Gasteiger partial charge in [-0.05, 0) is 31.0 Å². The maximum absolute atomic E-state index is 12.4. The maximum Gasteiger partial charge on any atom is 0.278 e.